The maximum absolute atomic E-state index is 11.8. The van der Waals surface area contributed by atoms with Crippen molar-refractivity contribution in [2.24, 2.45) is 0 Å². The van der Waals surface area contributed by atoms with E-state index < -0.39 is 0 Å². The van der Waals surface area contributed by atoms with Crippen LogP contribution in [-0.2, 0) is 14.3 Å². The molecule has 1 aliphatic rings. The lowest BCUT2D eigenvalue weighted by Crippen LogP contribution is -2.46. The molecule has 17 heavy (non-hydrogen) atoms. The van der Waals surface area contributed by atoms with Crippen LogP contribution in [-0.4, -0.2) is 37.6 Å². The average molecular weight is 242 g/mol. The first-order valence-corrected chi connectivity index (χ1v) is 6.40. The molecule has 1 fully saturated rings. The number of carbonyl (C=O) groups excluding carboxylic acids is 2. The first-order chi connectivity index (χ1) is 8.24. The van der Waals surface area contributed by atoms with E-state index in [0.717, 1.165) is 25.8 Å². The Balaban J connectivity index is 2.27. The molecule has 0 spiro atoms. The van der Waals surface area contributed by atoms with Crippen molar-refractivity contribution < 1.29 is 14.3 Å². The van der Waals surface area contributed by atoms with Crippen LogP contribution < -0.4 is 10.6 Å². The summed E-state index contributed by atoms with van der Waals surface area (Å²) >= 11 is 0. The molecule has 5 heteroatoms. The number of rotatable bonds is 4. The van der Waals surface area contributed by atoms with Crippen LogP contribution >= 0.6 is 0 Å². The second-order valence-electron chi connectivity index (χ2n) is 4.23. The summed E-state index contributed by atoms with van der Waals surface area (Å²) in [6.07, 6.45) is 5.42. The molecule has 0 saturated carbocycles. The molecule has 98 valence electrons. The molecule has 0 aromatic heterocycles. The van der Waals surface area contributed by atoms with Crippen LogP contribution in [0.2, 0.25) is 0 Å². The molecule has 0 bridgehead atoms. The van der Waals surface area contributed by atoms with Gasteiger partial charge in [0.05, 0.1) is 12.6 Å². The Morgan fingerprint density at radius 3 is 2.82 bits per heavy atom. The highest BCUT2D eigenvalue weighted by atomic mass is 16.5. The highest BCUT2D eigenvalue weighted by molar-refractivity contribution is 5.85. The van der Waals surface area contributed by atoms with E-state index in [0.29, 0.717) is 6.61 Å². The van der Waals surface area contributed by atoms with E-state index in [1.807, 2.05) is 0 Å². The van der Waals surface area contributed by atoms with Crippen LogP contribution in [0, 0.1) is 0 Å². The Hall–Kier alpha value is -1.10. The Bertz CT molecular complexity index is 248. The zero-order chi connectivity index (χ0) is 12.5. The molecule has 1 saturated heterocycles. The van der Waals surface area contributed by atoms with E-state index in [2.05, 4.69) is 10.6 Å². The van der Waals surface area contributed by atoms with Crippen LogP contribution in [0.1, 0.15) is 39.0 Å². The van der Waals surface area contributed by atoms with E-state index in [-0.39, 0.29) is 24.5 Å². The summed E-state index contributed by atoms with van der Waals surface area (Å²) in [6.45, 7) is 2.93. The number of hydrogen-bond donors (Lipinski definition) is 2. The van der Waals surface area contributed by atoms with Gasteiger partial charge in [0.1, 0.15) is 6.54 Å². The first kappa shape index (κ1) is 14.0. The standard InChI is InChI=1S/C12H22N2O3/c1-2-17-11(15)9-14-12(16)10-7-5-3-4-6-8-13-10/h10,13H,2-9H2,1H3,(H,14,16). The van der Waals surface area contributed by atoms with Gasteiger partial charge in [0.15, 0.2) is 0 Å². The molecule has 0 aromatic rings. The van der Waals surface area contributed by atoms with Gasteiger partial charge >= 0.3 is 5.97 Å². The van der Waals surface area contributed by atoms with Gasteiger partial charge in [-0.15, -0.1) is 0 Å². The molecular weight excluding hydrogens is 220 g/mol. The Kier molecular flexibility index (Phi) is 6.62. The largest absolute Gasteiger partial charge is 0.465 e. The molecule has 1 rings (SSSR count). The molecule has 1 amide bonds. The maximum atomic E-state index is 11.8. The molecule has 1 unspecified atom stereocenters. The summed E-state index contributed by atoms with van der Waals surface area (Å²) in [5, 5.41) is 5.82. The normalized spacial score (nSPS) is 21.1. The second-order valence-corrected chi connectivity index (χ2v) is 4.23. The Morgan fingerprint density at radius 1 is 1.29 bits per heavy atom. The summed E-state index contributed by atoms with van der Waals surface area (Å²) in [4.78, 5) is 22.9. The van der Waals surface area contributed by atoms with Crippen molar-refractivity contribution in [3.8, 4) is 0 Å². The summed E-state index contributed by atoms with van der Waals surface area (Å²) in [7, 11) is 0. The van der Waals surface area contributed by atoms with Crippen LogP contribution in [0.3, 0.4) is 0 Å². The van der Waals surface area contributed by atoms with Crippen LogP contribution in [0.5, 0.6) is 0 Å². The lowest BCUT2D eigenvalue weighted by atomic mass is 10.0. The predicted molar refractivity (Wildman–Crippen MR) is 64.5 cm³/mol. The zero-order valence-corrected chi connectivity index (χ0v) is 10.5. The minimum atomic E-state index is -0.383. The third kappa shape index (κ3) is 5.68. The van der Waals surface area contributed by atoms with Gasteiger partial charge in [-0.25, -0.2) is 0 Å². The van der Waals surface area contributed by atoms with Crippen molar-refractivity contribution in [2.45, 2.75) is 45.1 Å². The molecule has 1 atom stereocenters. The van der Waals surface area contributed by atoms with Crippen molar-refractivity contribution in [3.05, 3.63) is 0 Å². The smallest absolute Gasteiger partial charge is 0.325 e. The maximum Gasteiger partial charge on any atom is 0.325 e. The lowest BCUT2D eigenvalue weighted by molar-refractivity contribution is -0.143. The van der Waals surface area contributed by atoms with Gasteiger partial charge in [0.25, 0.3) is 0 Å². The summed E-state index contributed by atoms with van der Waals surface area (Å²) in [5.41, 5.74) is 0. The van der Waals surface area contributed by atoms with E-state index in [4.69, 9.17) is 4.74 Å². The van der Waals surface area contributed by atoms with E-state index in [1.165, 1.54) is 12.8 Å². The van der Waals surface area contributed by atoms with Crippen LogP contribution in [0.15, 0.2) is 0 Å². The van der Waals surface area contributed by atoms with Gasteiger partial charge in [-0.1, -0.05) is 19.3 Å². The topological polar surface area (TPSA) is 67.4 Å². The minimum absolute atomic E-state index is 0.0369. The predicted octanol–water partition coefficient (Wildman–Crippen LogP) is 0.588. The van der Waals surface area contributed by atoms with E-state index >= 15 is 0 Å². The third-order valence-corrected chi connectivity index (χ3v) is 2.84. The molecule has 0 aromatic carbocycles. The lowest BCUT2D eigenvalue weighted by Gasteiger charge is -2.20. The summed E-state index contributed by atoms with van der Waals surface area (Å²) in [6, 6.07) is -0.162. The molecule has 5 nitrogen and oxygen atoms in total. The third-order valence-electron chi connectivity index (χ3n) is 2.84. The molecular formula is C12H22N2O3. The fraction of sp³-hybridized carbons (Fsp3) is 0.833. The molecule has 2 N–H and O–H groups in total. The van der Waals surface area contributed by atoms with Gasteiger partial charge in [0, 0.05) is 0 Å². The average Bonchev–Trinajstić information content (AvgIpc) is 2.26. The number of nitrogens with one attached hydrogen (secondary N) is 2. The van der Waals surface area contributed by atoms with Crippen LogP contribution in [0.25, 0.3) is 0 Å². The van der Waals surface area contributed by atoms with Gasteiger partial charge in [0.2, 0.25) is 5.91 Å². The number of carbonyl (C=O) groups is 2. The monoisotopic (exact) mass is 242 g/mol. The number of amides is 1. The zero-order valence-electron chi connectivity index (χ0n) is 10.5. The second kappa shape index (κ2) is 8.06. The number of ether oxygens (including phenoxy) is 1. The molecule has 0 aliphatic carbocycles. The van der Waals surface area contributed by atoms with Crippen molar-refractivity contribution in [1.29, 1.82) is 0 Å². The molecule has 1 aliphatic heterocycles. The fourth-order valence-corrected chi connectivity index (χ4v) is 1.92. The highest BCUT2D eigenvalue weighted by Crippen LogP contribution is 2.09. The fourth-order valence-electron chi connectivity index (χ4n) is 1.92. The van der Waals surface area contributed by atoms with Crippen molar-refractivity contribution in [3.63, 3.8) is 0 Å². The number of hydrogen-bond acceptors (Lipinski definition) is 4. The van der Waals surface area contributed by atoms with Crippen molar-refractivity contribution >= 4 is 11.9 Å². The van der Waals surface area contributed by atoms with Gasteiger partial charge in [-0.2, -0.15) is 0 Å². The van der Waals surface area contributed by atoms with Crippen molar-refractivity contribution in [1.82, 2.24) is 10.6 Å². The van der Waals surface area contributed by atoms with Crippen LogP contribution in [0.4, 0.5) is 0 Å². The number of esters is 1. The van der Waals surface area contributed by atoms with Crippen molar-refractivity contribution in [2.75, 3.05) is 19.7 Å². The molecule has 1 heterocycles. The molecule has 0 radical (unpaired) electrons. The van der Waals surface area contributed by atoms with Gasteiger partial charge < -0.3 is 15.4 Å². The van der Waals surface area contributed by atoms with E-state index in [1.54, 1.807) is 6.92 Å². The van der Waals surface area contributed by atoms with Gasteiger partial charge in [-0.05, 0) is 26.3 Å². The summed E-state index contributed by atoms with van der Waals surface area (Å²) < 4.78 is 4.75. The SMILES string of the molecule is CCOC(=O)CNC(=O)C1CCCCCCN1. The Morgan fingerprint density at radius 2 is 2.06 bits per heavy atom. The van der Waals surface area contributed by atoms with Gasteiger partial charge in [-0.3, -0.25) is 9.59 Å². The Labute approximate surface area is 102 Å². The van der Waals surface area contributed by atoms with E-state index in [9.17, 15) is 9.59 Å². The summed E-state index contributed by atoms with van der Waals surface area (Å²) in [5.74, 6) is -0.480. The minimum Gasteiger partial charge on any atom is -0.465 e. The first-order valence-electron chi connectivity index (χ1n) is 6.40. The quantitative estimate of drug-likeness (QED) is 0.708. The highest BCUT2D eigenvalue weighted by Gasteiger charge is 2.19.